The van der Waals surface area contributed by atoms with Crippen LogP contribution in [0.25, 0.3) is 0 Å². The highest BCUT2D eigenvalue weighted by Gasteiger charge is 2.14. The van der Waals surface area contributed by atoms with E-state index < -0.39 is 0 Å². The minimum absolute atomic E-state index is 0.191. The molecule has 16 heavy (non-hydrogen) atoms. The Morgan fingerprint density at radius 3 is 2.31 bits per heavy atom. The molecule has 0 heterocycles. The van der Waals surface area contributed by atoms with Gasteiger partial charge in [-0.15, -0.1) is 0 Å². The van der Waals surface area contributed by atoms with E-state index in [1.807, 2.05) is 6.92 Å². The fraction of sp³-hybridized carbons (Fsp3) is 0.462. The Kier molecular flexibility index (Phi) is 4.81. The van der Waals surface area contributed by atoms with Crippen LogP contribution in [0.2, 0.25) is 5.02 Å². The topological polar surface area (TPSA) is 26.3 Å². The summed E-state index contributed by atoms with van der Waals surface area (Å²) in [5, 5.41) is 0.635. The molecule has 0 aliphatic heterocycles. The molecule has 0 saturated carbocycles. The van der Waals surface area contributed by atoms with Gasteiger partial charge in [-0.2, -0.15) is 0 Å². The van der Waals surface area contributed by atoms with E-state index in [1.165, 1.54) is 0 Å². The van der Waals surface area contributed by atoms with Gasteiger partial charge in [0.15, 0.2) is 0 Å². The summed E-state index contributed by atoms with van der Waals surface area (Å²) in [6.07, 6.45) is 0.445. The van der Waals surface area contributed by atoms with Crippen LogP contribution >= 0.6 is 11.6 Å². The first-order valence-corrected chi connectivity index (χ1v) is 5.83. The highest BCUT2D eigenvalue weighted by Crippen LogP contribution is 2.18. The van der Waals surface area contributed by atoms with Crippen molar-refractivity contribution in [3.8, 4) is 5.75 Å². The van der Waals surface area contributed by atoms with Gasteiger partial charge in [-0.25, -0.2) is 0 Å². The van der Waals surface area contributed by atoms with Crippen molar-refractivity contribution >= 4 is 17.6 Å². The fourth-order valence-electron chi connectivity index (χ4n) is 1.17. The molecule has 3 heteroatoms. The van der Waals surface area contributed by atoms with Crippen LogP contribution in [0.15, 0.2) is 24.3 Å². The van der Waals surface area contributed by atoms with Crippen LogP contribution in [0, 0.1) is 11.8 Å². The van der Waals surface area contributed by atoms with Gasteiger partial charge < -0.3 is 4.74 Å². The molecule has 0 aliphatic carbocycles. The predicted molar refractivity (Wildman–Crippen MR) is 65.7 cm³/mol. The molecule has 1 atom stereocenters. The Morgan fingerprint density at radius 2 is 1.81 bits per heavy atom. The fourth-order valence-corrected chi connectivity index (χ4v) is 1.30. The third-order valence-electron chi connectivity index (χ3n) is 2.67. The second-order valence-corrected chi connectivity index (χ2v) is 4.79. The summed E-state index contributed by atoms with van der Waals surface area (Å²) < 4.78 is 5.19. The highest BCUT2D eigenvalue weighted by atomic mass is 35.5. The smallest absolute Gasteiger partial charge is 0.311 e. The van der Waals surface area contributed by atoms with Crippen molar-refractivity contribution in [1.29, 1.82) is 0 Å². The van der Waals surface area contributed by atoms with Crippen LogP contribution in [0.4, 0.5) is 0 Å². The number of hydrogen-bond acceptors (Lipinski definition) is 2. The van der Waals surface area contributed by atoms with Gasteiger partial charge in [0, 0.05) is 11.4 Å². The second kappa shape index (κ2) is 5.90. The summed E-state index contributed by atoms with van der Waals surface area (Å²) in [7, 11) is 0. The average molecular weight is 241 g/mol. The summed E-state index contributed by atoms with van der Waals surface area (Å²) in [4.78, 5) is 11.6. The van der Waals surface area contributed by atoms with E-state index in [0.29, 0.717) is 29.0 Å². The van der Waals surface area contributed by atoms with Gasteiger partial charge >= 0.3 is 5.97 Å². The van der Waals surface area contributed by atoms with Gasteiger partial charge in [-0.1, -0.05) is 32.4 Å². The number of rotatable bonds is 4. The SMILES string of the molecule is CC(C)C(C)CC(=O)Oc1ccc(Cl)cc1. The molecule has 1 unspecified atom stereocenters. The van der Waals surface area contributed by atoms with E-state index in [-0.39, 0.29) is 5.97 Å². The predicted octanol–water partition coefficient (Wildman–Crippen LogP) is 3.93. The monoisotopic (exact) mass is 240 g/mol. The van der Waals surface area contributed by atoms with Gasteiger partial charge in [0.25, 0.3) is 0 Å². The Hall–Kier alpha value is -1.02. The molecule has 0 amide bonds. The molecule has 0 saturated heterocycles. The number of carbonyl (C=O) groups is 1. The highest BCUT2D eigenvalue weighted by molar-refractivity contribution is 6.30. The van der Waals surface area contributed by atoms with Gasteiger partial charge in [0.2, 0.25) is 0 Å². The third-order valence-corrected chi connectivity index (χ3v) is 2.92. The number of ether oxygens (including phenoxy) is 1. The summed E-state index contributed by atoms with van der Waals surface area (Å²) >= 11 is 5.73. The maximum Gasteiger partial charge on any atom is 0.311 e. The average Bonchev–Trinajstić information content (AvgIpc) is 2.21. The Morgan fingerprint density at radius 1 is 1.25 bits per heavy atom. The molecule has 1 rings (SSSR count). The molecule has 0 bridgehead atoms. The molecule has 1 aromatic carbocycles. The van der Waals surface area contributed by atoms with Crippen molar-refractivity contribution in [3.63, 3.8) is 0 Å². The number of halogens is 1. The van der Waals surface area contributed by atoms with Gasteiger partial charge in [0.05, 0.1) is 0 Å². The zero-order valence-electron chi connectivity index (χ0n) is 9.87. The lowest BCUT2D eigenvalue weighted by Gasteiger charge is -2.14. The first-order valence-electron chi connectivity index (χ1n) is 5.45. The first kappa shape index (κ1) is 13.0. The summed E-state index contributed by atoms with van der Waals surface area (Å²) in [5.74, 6) is 1.17. The molecule has 0 N–H and O–H groups in total. The largest absolute Gasteiger partial charge is 0.427 e. The number of hydrogen-bond donors (Lipinski definition) is 0. The maximum atomic E-state index is 11.6. The van der Waals surface area contributed by atoms with Crippen molar-refractivity contribution < 1.29 is 9.53 Å². The normalized spacial score (nSPS) is 12.6. The molecule has 0 aromatic heterocycles. The molecule has 0 fully saturated rings. The molecule has 1 aromatic rings. The lowest BCUT2D eigenvalue weighted by Crippen LogP contribution is -2.15. The van der Waals surface area contributed by atoms with Crippen molar-refractivity contribution in [3.05, 3.63) is 29.3 Å². The Labute approximate surface area is 102 Å². The van der Waals surface area contributed by atoms with Crippen LogP contribution in [0.3, 0.4) is 0 Å². The molecule has 0 aliphatic rings. The summed E-state index contributed by atoms with van der Waals surface area (Å²) in [5.41, 5.74) is 0. The standard InChI is InChI=1S/C13H17ClO2/c1-9(2)10(3)8-13(15)16-12-6-4-11(14)5-7-12/h4-7,9-10H,8H2,1-3H3. The van der Waals surface area contributed by atoms with Crippen molar-refractivity contribution in [2.75, 3.05) is 0 Å². The summed E-state index contributed by atoms with van der Waals surface area (Å²) in [6, 6.07) is 6.80. The van der Waals surface area contributed by atoms with E-state index in [9.17, 15) is 4.79 Å². The van der Waals surface area contributed by atoms with Crippen molar-refractivity contribution in [2.45, 2.75) is 27.2 Å². The van der Waals surface area contributed by atoms with Crippen LogP contribution in [-0.2, 0) is 4.79 Å². The lowest BCUT2D eigenvalue weighted by atomic mass is 9.95. The minimum atomic E-state index is -0.191. The minimum Gasteiger partial charge on any atom is -0.427 e. The van der Waals surface area contributed by atoms with Crippen molar-refractivity contribution in [2.24, 2.45) is 11.8 Å². The summed E-state index contributed by atoms with van der Waals surface area (Å²) in [6.45, 7) is 6.24. The zero-order valence-corrected chi connectivity index (χ0v) is 10.6. The maximum absolute atomic E-state index is 11.6. The lowest BCUT2D eigenvalue weighted by molar-refractivity contribution is -0.135. The molecule has 0 spiro atoms. The second-order valence-electron chi connectivity index (χ2n) is 4.35. The quantitative estimate of drug-likeness (QED) is 0.589. The molecular formula is C13H17ClO2. The van der Waals surface area contributed by atoms with E-state index in [0.717, 1.165) is 0 Å². The van der Waals surface area contributed by atoms with Gasteiger partial charge in [-0.05, 0) is 36.1 Å². The van der Waals surface area contributed by atoms with Crippen LogP contribution < -0.4 is 4.74 Å². The van der Waals surface area contributed by atoms with Gasteiger partial charge in [-0.3, -0.25) is 4.79 Å². The number of esters is 1. The van der Waals surface area contributed by atoms with E-state index in [4.69, 9.17) is 16.3 Å². The van der Waals surface area contributed by atoms with Crippen LogP contribution in [0.5, 0.6) is 5.75 Å². The Balaban J connectivity index is 2.48. The number of carbonyl (C=O) groups excluding carboxylic acids is 1. The zero-order chi connectivity index (χ0) is 12.1. The van der Waals surface area contributed by atoms with E-state index in [2.05, 4.69) is 13.8 Å². The third kappa shape index (κ3) is 4.23. The first-order chi connectivity index (χ1) is 7.49. The number of benzene rings is 1. The molecule has 88 valence electrons. The molecule has 0 radical (unpaired) electrons. The molecular weight excluding hydrogens is 224 g/mol. The van der Waals surface area contributed by atoms with E-state index in [1.54, 1.807) is 24.3 Å². The van der Waals surface area contributed by atoms with Crippen LogP contribution in [-0.4, -0.2) is 5.97 Å². The molecule has 2 nitrogen and oxygen atoms in total. The van der Waals surface area contributed by atoms with Crippen LogP contribution in [0.1, 0.15) is 27.2 Å². The Bertz CT molecular complexity index is 343. The van der Waals surface area contributed by atoms with E-state index >= 15 is 0 Å². The van der Waals surface area contributed by atoms with Gasteiger partial charge in [0.1, 0.15) is 5.75 Å². The van der Waals surface area contributed by atoms with Crippen molar-refractivity contribution in [1.82, 2.24) is 0 Å².